The van der Waals surface area contributed by atoms with Gasteiger partial charge >= 0.3 is 0 Å². The van der Waals surface area contributed by atoms with Gasteiger partial charge in [0.05, 0.1) is 0 Å². The summed E-state index contributed by atoms with van der Waals surface area (Å²) < 4.78 is 0. The molecule has 0 heteroatoms. The molecule has 4 rings (SSSR count). The average Bonchev–Trinajstić information content (AvgIpc) is 2.71. The molecule has 0 atom stereocenters. The van der Waals surface area contributed by atoms with Gasteiger partial charge in [-0.15, -0.1) is 0 Å². The highest BCUT2D eigenvalue weighted by Gasteiger charge is 1.99. The number of hydrogen-bond acceptors (Lipinski definition) is 0. The standard InChI is InChI=1S/C14H14.C13H12/c1-11-7-9-13(10-8-11)14-6-4-3-5-12(14)2;1-11-7-9-13(10-8-11)12-5-3-2-4-6-12/h3-10H,1-2H3;2-10H,1H3. The van der Waals surface area contributed by atoms with Crippen LogP contribution in [0.5, 0.6) is 0 Å². The van der Waals surface area contributed by atoms with Gasteiger partial charge in [-0.25, -0.2) is 0 Å². The molecule has 0 heterocycles. The molecule has 0 amide bonds. The zero-order valence-electron chi connectivity index (χ0n) is 16.3. The Labute approximate surface area is 163 Å². The minimum absolute atomic E-state index is 1.28. The quantitative estimate of drug-likeness (QED) is 0.348. The zero-order chi connectivity index (χ0) is 19.1. The molecule has 0 nitrogen and oxygen atoms in total. The summed E-state index contributed by atoms with van der Waals surface area (Å²) in [5, 5.41) is 0. The van der Waals surface area contributed by atoms with Crippen molar-refractivity contribution in [2.45, 2.75) is 20.8 Å². The normalized spacial score (nSPS) is 10.0. The van der Waals surface area contributed by atoms with Crippen molar-refractivity contribution in [3.8, 4) is 22.3 Å². The van der Waals surface area contributed by atoms with Gasteiger partial charge in [-0.2, -0.15) is 0 Å². The third kappa shape index (κ3) is 5.18. The van der Waals surface area contributed by atoms with Crippen LogP contribution < -0.4 is 0 Å². The molecule has 0 spiro atoms. The Morgan fingerprint density at radius 3 is 1.37 bits per heavy atom. The molecule has 0 saturated carbocycles. The van der Waals surface area contributed by atoms with Gasteiger partial charge in [-0.05, 0) is 48.6 Å². The fourth-order valence-corrected chi connectivity index (χ4v) is 3.01. The highest BCUT2D eigenvalue weighted by atomic mass is 14.0. The van der Waals surface area contributed by atoms with Crippen molar-refractivity contribution in [2.24, 2.45) is 0 Å². The SMILES string of the molecule is Cc1ccc(-c2ccccc2)cc1.Cc1ccc(-c2ccccc2C)cc1. The lowest BCUT2D eigenvalue weighted by atomic mass is 10.00. The molecule has 27 heavy (non-hydrogen) atoms. The molecule has 4 aromatic rings. The fraction of sp³-hybridized carbons (Fsp3) is 0.111. The van der Waals surface area contributed by atoms with Crippen LogP contribution in [0.2, 0.25) is 0 Å². The molecule has 0 aromatic heterocycles. The summed E-state index contributed by atoms with van der Waals surface area (Å²) in [7, 11) is 0. The van der Waals surface area contributed by atoms with E-state index in [-0.39, 0.29) is 0 Å². The molecule has 0 fully saturated rings. The molecule has 0 aliphatic carbocycles. The molecule has 0 aliphatic heterocycles. The third-order valence-corrected chi connectivity index (χ3v) is 4.67. The number of hydrogen-bond donors (Lipinski definition) is 0. The second-order valence-corrected chi connectivity index (χ2v) is 6.91. The van der Waals surface area contributed by atoms with Gasteiger partial charge in [0.25, 0.3) is 0 Å². The van der Waals surface area contributed by atoms with E-state index in [2.05, 4.69) is 118 Å². The summed E-state index contributed by atoms with van der Waals surface area (Å²) >= 11 is 0. The Morgan fingerprint density at radius 2 is 0.815 bits per heavy atom. The van der Waals surface area contributed by atoms with Crippen LogP contribution in [0.3, 0.4) is 0 Å². The number of aryl methyl sites for hydroxylation is 3. The fourth-order valence-electron chi connectivity index (χ4n) is 3.01. The highest BCUT2D eigenvalue weighted by Crippen LogP contribution is 2.23. The van der Waals surface area contributed by atoms with Gasteiger partial charge in [-0.3, -0.25) is 0 Å². The van der Waals surface area contributed by atoms with Crippen LogP contribution in [0.4, 0.5) is 0 Å². The molecule has 0 saturated heterocycles. The van der Waals surface area contributed by atoms with Crippen molar-refractivity contribution in [1.82, 2.24) is 0 Å². The maximum absolute atomic E-state index is 2.18. The van der Waals surface area contributed by atoms with Gasteiger partial charge in [0, 0.05) is 0 Å². The smallest absolute Gasteiger partial charge is 0.0155 e. The summed E-state index contributed by atoms with van der Waals surface area (Å²) in [5.74, 6) is 0. The summed E-state index contributed by atoms with van der Waals surface area (Å²) in [6.07, 6.45) is 0. The first-order chi connectivity index (χ1) is 13.1. The molecule has 0 aliphatic rings. The van der Waals surface area contributed by atoms with E-state index in [1.807, 2.05) is 6.07 Å². The van der Waals surface area contributed by atoms with E-state index in [4.69, 9.17) is 0 Å². The Kier molecular flexibility index (Phi) is 6.22. The second kappa shape index (κ2) is 9.00. The number of benzene rings is 4. The lowest BCUT2D eigenvalue weighted by Gasteiger charge is -2.05. The third-order valence-electron chi connectivity index (χ3n) is 4.67. The minimum atomic E-state index is 1.28. The van der Waals surface area contributed by atoms with Gasteiger partial charge < -0.3 is 0 Å². The zero-order valence-corrected chi connectivity index (χ0v) is 16.3. The van der Waals surface area contributed by atoms with Crippen LogP contribution in [0.25, 0.3) is 22.3 Å². The molecule has 0 unspecified atom stereocenters. The van der Waals surface area contributed by atoms with E-state index in [9.17, 15) is 0 Å². The first-order valence-electron chi connectivity index (χ1n) is 9.38. The lowest BCUT2D eigenvalue weighted by molar-refractivity contribution is 1.43. The molecular formula is C27H26. The average molecular weight is 351 g/mol. The van der Waals surface area contributed by atoms with Crippen LogP contribution in [0.1, 0.15) is 16.7 Å². The van der Waals surface area contributed by atoms with Crippen LogP contribution in [-0.4, -0.2) is 0 Å². The molecule has 4 aromatic carbocycles. The van der Waals surface area contributed by atoms with Crippen molar-refractivity contribution in [3.63, 3.8) is 0 Å². The Bertz CT molecular complexity index is 962. The van der Waals surface area contributed by atoms with E-state index in [1.165, 1.54) is 38.9 Å². The Hall–Kier alpha value is -3.12. The van der Waals surface area contributed by atoms with E-state index in [0.29, 0.717) is 0 Å². The Balaban J connectivity index is 0.000000156. The minimum Gasteiger partial charge on any atom is -0.0622 e. The second-order valence-electron chi connectivity index (χ2n) is 6.91. The maximum Gasteiger partial charge on any atom is -0.0155 e. The van der Waals surface area contributed by atoms with E-state index >= 15 is 0 Å². The summed E-state index contributed by atoms with van der Waals surface area (Å²) in [5.41, 5.74) is 9.13. The molecule has 0 N–H and O–H groups in total. The first kappa shape index (κ1) is 18.7. The van der Waals surface area contributed by atoms with Gasteiger partial charge in [0.1, 0.15) is 0 Å². The van der Waals surface area contributed by atoms with Crippen LogP contribution in [0.15, 0.2) is 103 Å². The largest absolute Gasteiger partial charge is 0.0622 e. The van der Waals surface area contributed by atoms with E-state index < -0.39 is 0 Å². The maximum atomic E-state index is 2.18. The monoisotopic (exact) mass is 350 g/mol. The van der Waals surface area contributed by atoms with Gasteiger partial charge in [-0.1, -0.05) is 114 Å². The first-order valence-corrected chi connectivity index (χ1v) is 9.38. The summed E-state index contributed by atoms with van der Waals surface area (Å²) in [4.78, 5) is 0. The van der Waals surface area contributed by atoms with E-state index in [0.717, 1.165) is 0 Å². The molecule has 0 bridgehead atoms. The summed E-state index contributed by atoms with van der Waals surface area (Å²) in [6, 6.07) is 36.2. The van der Waals surface area contributed by atoms with Crippen molar-refractivity contribution in [1.29, 1.82) is 0 Å². The van der Waals surface area contributed by atoms with Crippen molar-refractivity contribution < 1.29 is 0 Å². The highest BCUT2D eigenvalue weighted by molar-refractivity contribution is 5.67. The lowest BCUT2D eigenvalue weighted by Crippen LogP contribution is -1.82. The van der Waals surface area contributed by atoms with Crippen molar-refractivity contribution >= 4 is 0 Å². The predicted molar refractivity (Wildman–Crippen MR) is 118 cm³/mol. The van der Waals surface area contributed by atoms with Gasteiger partial charge in [0.2, 0.25) is 0 Å². The van der Waals surface area contributed by atoms with E-state index in [1.54, 1.807) is 0 Å². The Morgan fingerprint density at radius 1 is 0.370 bits per heavy atom. The number of rotatable bonds is 2. The van der Waals surface area contributed by atoms with Crippen LogP contribution in [-0.2, 0) is 0 Å². The molecular weight excluding hydrogens is 324 g/mol. The van der Waals surface area contributed by atoms with Crippen molar-refractivity contribution in [3.05, 3.63) is 120 Å². The van der Waals surface area contributed by atoms with Crippen LogP contribution in [0, 0.1) is 20.8 Å². The van der Waals surface area contributed by atoms with Crippen molar-refractivity contribution in [2.75, 3.05) is 0 Å². The molecule has 134 valence electrons. The molecule has 0 radical (unpaired) electrons. The topological polar surface area (TPSA) is 0 Å². The summed E-state index contributed by atoms with van der Waals surface area (Å²) in [6.45, 7) is 6.37. The van der Waals surface area contributed by atoms with Gasteiger partial charge in [0.15, 0.2) is 0 Å². The van der Waals surface area contributed by atoms with Crippen LogP contribution >= 0.6 is 0 Å². The predicted octanol–water partition coefficient (Wildman–Crippen LogP) is 7.63.